The quantitative estimate of drug-likeness (QED) is 0.317. The molecule has 0 aromatic heterocycles. The lowest BCUT2D eigenvalue weighted by atomic mass is 9.94. The number of oxime groups is 1. The van der Waals surface area contributed by atoms with Gasteiger partial charge in [0, 0.05) is 10.0 Å². The Bertz CT molecular complexity index is 637. The van der Waals surface area contributed by atoms with Gasteiger partial charge in [0.25, 0.3) is 0 Å². The third kappa shape index (κ3) is 5.92. The van der Waals surface area contributed by atoms with Crippen molar-refractivity contribution in [2.24, 2.45) is 16.3 Å². The lowest BCUT2D eigenvalue weighted by Gasteiger charge is -2.18. The Morgan fingerprint density at radius 1 is 1.43 bits per heavy atom. The molecule has 118 valence electrons. The van der Waals surface area contributed by atoms with Crippen molar-refractivity contribution in [2.75, 3.05) is 10.5 Å². The summed E-state index contributed by atoms with van der Waals surface area (Å²) in [6.07, 6.45) is 0.558. The van der Waals surface area contributed by atoms with Crippen molar-refractivity contribution in [1.29, 1.82) is 0 Å². The molecular weight excluding hydrogens is 358 g/mol. The maximum absolute atomic E-state index is 12.1. The van der Waals surface area contributed by atoms with Crippen molar-refractivity contribution >= 4 is 37.5 Å². The summed E-state index contributed by atoms with van der Waals surface area (Å²) >= 11 is 3.27. The van der Waals surface area contributed by atoms with Crippen LogP contribution in [0.5, 0.6) is 0 Å². The molecule has 0 aliphatic rings. The summed E-state index contributed by atoms with van der Waals surface area (Å²) in [4.78, 5) is 0. The molecule has 1 aromatic rings. The van der Waals surface area contributed by atoms with Crippen LogP contribution in [0.2, 0.25) is 0 Å². The van der Waals surface area contributed by atoms with Crippen LogP contribution in [-0.4, -0.2) is 25.2 Å². The fourth-order valence-corrected chi connectivity index (χ4v) is 3.58. The summed E-state index contributed by atoms with van der Waals surface area (Å²) in [5.41, 5.74) is 6.33. The van der Waals surface area contributed by atoms with Gasteiger partial charge in [0.05, 0.1) is 11.4 Å². The van der Waals surface area contributed by atoms with Crippen molar-refractivity contribution < 1.29 is 13.6 Å². The van der Waals surface area contributed by atoms with E-state index in [0.29, 0.717) is 22.1 Å². The zero-order valence-corrected chi connectivity index (χ0v) is 14.6. The normalized spacial score (nSPS) is 13.2. The van der Waals surface area contributed by atoms with Crippen LogP contribution in [0.3, 0.4) is 0 Å². The first-order chi connectivity index (χ1) is 9.54. The second-order valence-corrected chi connectivity index (χ2v) is 8.61. The van der Waals surface area contributed by atoms with E-state index in [1.165, 1.54) is 0 Å². The molecule has 1 aromatic carbocycles. The van der Waals surface area contributed by atoms with Crippen molar-refractivity contribution in [3.63, 3.8) is 0 Å². The monoisotopic (exact) mass is 377 g/mol. The number of nitrogens with one attached hydrogen (secondary N) is 1. The summed E-state index contributed by atoms with van der Waals surface area (Å²) < 4.78 is 27.2. The number of rotatable bonds is 5. The summed E-state index contributed by atoms with van der Waals surface area (Å²) in [5, 5.41) is 11.5. The molecular formula is C13H20BrN3O3S. The zero-order chi connectivity index (χ0) is 16.3. The van der Waals surface area contributed by atoms with Crippen LogP contribution in [0.1, 0.15) is 32.8 Å². The number of hydrogen-bond donors (Lipinski definition) is 3. The van der Waals surface area contributed by atoms with Crippen LogP contribution in [0.25, 0.3) is 0 Å². The molecule has 6 nitrogen and oxygen atoms in total. The van der Waals surface area contributed by atoms with E-state index in [9.17, 15) is 8.42 Å². The Morgan fingerprint density at radius 3 is 2.52 bits per heavy atom. The SMILES string of the molecule is CC(C)(C)CCS(=O)(=O)Nc1ccc(/C(N)=N/O)cc1Br. The van der Waals surface area contributed by atoms with Crippen LogP contribution in [0.4, 0.5) is 5.69 Å². The van der Waals surface area contributed by atoms with E-state index in [2.05, 4.69) is 25.8 Å². The number of hydrogen-bond acceptors (Lipinski definition) is 4. The molecule has 0 spiro atoms. The molecule has 0 aliphatic carbocycles. The van der Waals surface area contributed by atoms with Crippen LogP contribution in [-0.2, 0) is 10.0 Å². The third-order valence-electron chi connectivity index (χ3n) is 2.76. The van der Waals surface area contributed by atoms with Gasteiger partial charge in [-0.25, -0.2) is 8.42 Å². The Morgan fingerprint density at radius 2 is 2.05 bits per heavy atom. The van der Waals surface area contributed by atoms with Gasteiger partial charge in [-0.05, 0) is 46.0 Å². The van der Waals surface area contributed by atoms with Gasteiger partial charge in [0.2, 0.25) is 10.0 Å². The first kappa shape index (κ1) is 17.8. The number of nitrogens with two attached hydrogens (primary N) is 1. The standard InChI is InChI=1S/C13H20BrN3O3S/c1-13(2,3)6-7-21(19,20)17-11-5-4-9(8-10(11)14)12(15)16-18/h4-5,8,17-18H,6-7H2,1-3H3,(H2,15,16). The molecule has 0 aliphatic heterocycles. The fraction of sp³-hybridized carbons (Fsp3) is 0.462. The summed E-state index contributed by atoms with van der Waals surface area (Å²) in [5.74, 6) is 0.00289. The molecule has 0 unspecified atom stereocenters. The number of halogens is 1. The van der Waals surface area contributed by atoms with Crippen molar-refractivity contribution in [3.05, 3.63) is 28.2 Å². The topological polar surface area (TPSA) is 105 Å². The molecule has 0 heterocycles. The van der Waals surface area contributed by atoms with Gasteiger partial charge in [0.1, 0.15) is 0 Å². The lowest BCUT2D eigenvalue weighted by molar-refractivity contribution is 0.318. The maximum Gasteiger partial charge on any atom is 0.232 e. The van der Waals surface area contributed by atoms with Crippen LogP contribution in [0, 0.1) is 5.41 Å². The first-order valence-corrected chi connectivity index (χ1v) is 8.76. The molecule has 0 fully saturated rings. The Hall–Kier alpha value is -1.28. The molecule has 0 saturated carbocycles. The number of anilines is 1. The van der Waals surface area contributed by atoms with E-state index in [4.69, 9.17) is 10.9 Å². The third-order valence-corrected chi connectivity index (χ3v) is 4.69. The highest BCUT2D eigenvalue weighted by Gasteiger charge is 2.18. The van der Waals surface area contributed by atoms with Gasteiger partial charge in [-0.2, -0.15) is 0 Å². The predicted octanol–water partition coefficient (Wildman–Crippen LogP) is 2.72. The van der Waals surface area contributed by atoms with E-state index in [1.54, 1.807) is 18.2 Å². The average molecular weight is 378 g/mol. The Labute approximate surface area is 133 Å². The zero-order valence-electron chi connectivity index (χ0n) is 12.2. The average Bonchev–Trinajstić information content (AvgIpc) is 2.37. The molecule has 8 heteroatoms. The summed E-state index contributed by atoms with van der Waals surface area (Å²) in [6, 6.07) is 4.71. The number of amidine groups is 1. The van der Waals surface area contributed by atoms with E-state index < -0.39 is 10.0 Å². The van der Waals surface area contributed by atoms with Crippen LogP contribution < -0.4 is 10.5 Å². The highest BCUT2D eigenvalue weighted by molar-refractivity contribution is 9.10. The van der Waals surface area contributed by atoms with Gasteiger partial charge < -0.3 is 10.9 Å². The molecule has 1 rings (SSSR count). The molecule has 0 bridgehead atoms. The number of benzene rings is 1. The van der Waals surface area contributed by atoms with Gasteiger partial charge in [-0.3, -0.25) is 4.72 Å². The minimum atomic E-state index is -3.42. The van der Waals surface area contributed by atoms with Crippen molar-refractivity contribution in [2.45, 2.75) is 27.2 Å². The number of nitrogens with zero attached hydrogens (tertiary/aromatic N) is 1. The smallest absolute Gasteiger partial charge is 0.232 e. The van der Waals surface area contributed by atoms with E-state index in [-0.39, 0.29) is 17.0 Å². The minimum absolute atomic E-state index is 0.0437. The summed E-state index contributed by atoms with van der Waals surface area (Å²) in [7, 11) is -3.42. The van der Waals surface area contributed by atoms with Gasteiger partial charge in [-0.1, -0.05) is 25.9 Å². The van der Waals surface area contributed by atoms with E-state index in [1.807, 2.05) is 20.8 Å². The molecule has 0 saturated heterocycles. The molecule has 0 atom stereocenters. The fourth-order valence-electron chi connectivity index (χ4n) is 1.47. The minimum Gasteiger partial charge on any atom is -0.409 e. The van der Waals surface area contributed by atoms with Crippen molar-refractivity contribution in [1.82, 2.24) is 0 Å². The number of sulfonamides is 1. The summed E-state index contributed by atoms with van der Waals surface area (Å²) in [6.45, 7) is 5.97. The van der Waals surface area contributed by atoms with Gasteiger partial charge >= 0.3 is 0 Å². The van der Waals surface area contributed by atoms with Crippen molar-refractivity contribution in [3.8, 4) is 0 Å². The second-order valence-electron chi connectivity index (χ2n) is 5.91. The van der Waals surface area contributed by atoms with Crippen LogP contribution >= 0.6 is 15.9 Å². The largest absolute Gasteiger partial charge is 0.409 e. The maximum atomic E-state index is 12.1. The second kappa shape index (κ2) is 6.65. The van der Waals surface area contributed by atoms with E-state index in [0.717, 1.165) is 0 Å². The molecule has 21 heavy (non-hydrogen) atoms. The van der Waals surface area contributed by atoms with Gasteiger partial charge in [0.15, 0.2) is 5.84 Å². The molecule has 4 N–H and O–H groups in total. The first-order valence-electron chi connectivity index (χ1n) is 6.32. The molecule has 0 radical (unpaired) electrons. The molecule has 0 amide bonds. The highest BCUT2D eigenvalue weighted by atomic mass is 79.9. The Balaban J connectivity index is 2.88. The Kier molecular flexibility index (Phi) is 5.63. The van der Waals surface area contributed by atoms with E-state index >= 15 is 0 Å². The predicted molar refractivity (Wildman–Crippen MR) is 88.1 cm³/mol. The highest BCUT2D eigenvalue weighted by Crippen LogP contribution is 2.26. The lowest BCUT2D eigenvalue weighted by Crippen LogP contribution is -2.21. The van der Waals surface area contributed by atoms with Crippen LogP contribution in [0.15, 0.2) is 27.8 Å². The van der Waals surface area contributed by atoms with Gasteiger partial charge in [-0.15, -0.1) is 0 Å².